The summed E-state index contributed by atoms with van der Waals surface area (Å²) in [5, 5.41) is 5.09. The first-order valence-electron chi connectivity index (χ1n) is 13.7. The lowest BCUT2D eigenvalue weighted by molar-refractivity contribution is -0.274. The number of carbonyl (C=O) groups excluding carboxylic acids is 1. The van der Waals surface area contributed by atoms with Gasteiger partial charge in [-0.05, 0) is 60.4 Å². The van der Waals surface area contributed by atoms with E-state index in [1.165, 1.54) is 46.4 Å². The number of halogens is 3. The average Bonchev–Trinajstić information content (AvgIpc) is 3.64. The van der Waals surface area contributed by atoms with Crippen molar-refractivity contribution in [3.05, 3.63) is 89.7 Å². The SMILES string of the molecule is CCCc1ccc(C)cc1N1CCSC1=NC(=O)N=CCc1ccc(-c2ncn(-c3ccc(OC(F)(F)F)cc3)n2)cc1. The zero-order valence-corrected chi connectivity index (χ0v) is 24.4. The van der Waals surface area contributed by atoms with E-state index in [2.05, 4.69) is 61.8 Å². The van der Waals surface area contributed by atoms with E-state index in [4.69, 9.17) is 0 Å². The molecule has 2 amide bonds. The molecule has 222 valence electrons. The first kappa shape index (κ1) is 30.0. The summed E-state index contributed by atoms with van der Waals surface area (Å²) in [5.74, 6) is 1.00. The lowest BCUT2D eigenvalue weighted by Crippen LogP contribution is -2.25. The van der Waals surface area contributed by atoms with E-state index in [-0.39, 0.29) is 5.75 Å². The molecule has 1 fully saturated rings. The second-order valence-corrected chi connectivity index (χ2v) is 10.9. The van der Waals surface area contributed by atoms with Gasteiger partial charge in [-0.3, -0.25) is 0 Å². The van der Waals surface area contributed by atoms with Crippen LogP contribution in [0.15, 0.2) is 83.0 Å². The Morgan fingerprint density at radius 2 is 1.86 bits per heavy atom. The summed E-state index contributed by atoms with van der Waals surface area (Å²) >= 11 is 1.56. The van der Waals surface area contributed by atoms with E-state index < -0.39 is 12.4 Å². The highest BCUT2D eigenvalue weighted by Gasteiger charge is 2.31. The Balaban J connectivity index is 1.19. The molecule has 3 aromatic carbocycles. The highest BCUT2D eigenvalue weighted by atomic mass is 32.2. The molecule has 1 aliphatic heterocycles. The van der Waals surface area contributed by atoms with Crippen LogP contribution in [0.4, 0.5) is 23.7 Å². The molecule has 0 unspecified atom stereocenters. The van der Waals surface area contributed by atoms with Crippen LogP contribution in [0.2, 0.25) is 0 Å². The van der Waals surface area contributed by atoms with E-state index in [1.807, 2.05) is 24.3 Å². The van der Waals surface area contributed by atoms with Gasteiger partial charge in [-0.1, -0.05) is 61.5 Å². The molecular weight excluding hydrogens is 577 g/mol. The summed E-state index contributed by atoms with van der Waals surface area (Å²) in [6.45, 7) is 5.01. The van der Waals surface area contributed by atoms with Crippen molar-refractivity contribution in [2.24, 2.45) is 9.98 Å². The smallest absolute Gasteiger partial charge is 0.406 e. The zero-order chi connectivity index (χ0) is 30.4. The Morgan fingerprint density at radius 3 is 2.58 bits per heavy atom. The molecule has 43 heavy (non-hydrogen) atoms. The highest BCUT2D eigenvalue weighted by Crippen LogP contribution is 2.31. The molecule has 4 aromatic rings. The molecule has 1 saturated heterocycles. The fourth-order valence-corrected chi connectivity index (χ4v) is 5.52. The second kappa shape index (κ2) is 13.2. The number of rotatable bonds is 8. The third kappa shape index (κ3) is 7.89. The van der Waals surface area contributed by atoms with Gasteiger partial charge >= 0.3 is 12.4 Å². The molecule has 0 bridgehead atoms. The number of amides is 2. The van der Waals surface area contributed by atoms with Crippen LogP contribution in [-0.4, -0.2) is 50.8 Å². The van der Waals surface area contributed by atoms with Crippen molar-refractivity contribution < 1.29 is 22.7 Å². The molecule has 8 nitrogen and oxygen atoms in total. The summed E-state index contributed by atoms with van der Waals surface area (Å²) < 4.78 is 42.5. The number of anilines is 1. The van der Waals surface area contributed by atoms with Crippen LogP contribution in [0.1, 0.15) is 30.0 Å². The molecule has 0 radical (unpaired) electrons. The quantitative estimate of drug-likeness (QED) is 0.194. The Bertz CT molecular complexity index is 1630. The van der Waals surface area contributed by atoms with Crippen LogP contribution >= 0.6 is 11.8 Å². The number of carbonyl (C=O) groups is 1. The van der Waals surface area contributed by atoms with E-state index >= 15 is 0 Å². The molecule has 0 N–H and O–H groups in total. The molecule has 1 aromatic heterocycles. The van der Waals surface area contributed by atoms with Gasteiger partial charge < -0.3 is 9.64 Å². The fraction of sp³-hybridized carbons (Fsp3) is 0.258. The number of alkyl halides is 3. The first-order chi connectivity index (χ1) is 20.7. The maximum absolute atomic E-state index is 12.6. The molecule has 0 atom stereocenters. The summed E-state index contributed by atoms with van der Waals surface area (Å²) in [7, 11) is 0. The number of ether oxygens (including phenoxy) is 1. The van der Waals surface area contributed by atoms with Crippen molar-refractivity contribution in [1.29, 1.82) is 0 Å². The normalized spacial score (nSPS) is 14.6. The van der Waals surface area contributed by atoms with Crippen LogP contribution in [0, 0.1) is 6.92 Å². The number of amidine groups is 1. The molecular formula is C31H29F3N6O2S. The second-order valence-electron chi connectivity index (χ2n) is 9.83. The number of aromatic nitrogens is 3. The largest absolute Gasteiger partial charge is 0.573 e. The Hall–Kier alpha value is -4.45. The average molecular weight is 607 g/mol. The van der Waals surface area contributed by atoms with Crippen LogP contribution in [-0.2, 0) is 12.8 Å². The Labute approximate surface area is 251 Å². The van der Waals surface area contributed by atoms with Crippen molar-refractivity contribution in [2.75, 3.05) is 17.2 Å². The summed E-state index contributed by atoms with van der Waals surface area (Å²) in [6.07, 6.45) is 0.733. The van der Waals surface area contributed by atoms with Crippen molar-refractivity contribution in [2.45, 2.75) is 39.5 Å². The molecule has 12 heteroatoms. The lowest BCUT2D eigenvalue weighted by atomic mass is 10.0. The van der Waals surface area contributed by atoms with Gasteiger partial charge in [0.25, 0.3) is 0 Å². The van der Waals surface area contributed by atoms with Crippen LogP contribution in [0.3, 0.4) is 0 Å². The van der Waals surface area contributed by atoms with Crippen LogP contribution in [0.25, 0.3) is 17.1 Å². The molecule has 0 saturated carbocycles. The molecule has 0 spiro atoms. The standard InChI is InChI=1S/C31H29F3N6O2S/c1-3-4-23-8-5-21(2)19-27(23)39-17-18-43-30(39)37-29(41)35-16-15-22-6-9-24(10-7-22)28-36-20-40(38-28)25-11-13-26(14-12-25)42-31(32,33)34/h5-14,16,19-20H,3-4,15,17-18H2,1-2H3. The van der Waals surface area contributed by atoms with Gasteiger partial charge in [0.15, 0.2) is 11.0 Å². The molecule has 5 rings (SSSR count). The maximum atomic E-state index is 12.6. The predicted molar refractivity (Wildman–Crippen MR) is 163 cm³/mol. The predicted octanol–water partition coefficient (Wildman–Crippen LogP) is 7.44. The number of nitrogens with zero attached hydrogens (tertiary/aromatic N) is 6. The minimum absolute atomic E-state index is 0.313. The third-order valence-electron chi connectivity index (χ3n) is 6.59. The van der Waals surface area contributed by atoms with Gasteiger partial charge in [0.05, 0.1) is 5.69 Å². The van der Waals surface area contributed by atoms with Crippen molar-refractivity contribution in [1.82, 2.24) is 14.8 Å². The van der Waals surface area contributed by atoms with Gasteiger partial charge in [0.1, 0.15) is 12.1 Å². The number of urea groups is 1. The Kier molecular flexibility index (Phi) is 9.24. The van der Waals surface area contributed by atoms with Gasteiger partial charge in [-0.25, -0.2) is 19.5 Å². The third-order valence-corrected chi connectivity index (χ3v) is 7.54. The monoisotopic (exact) mass is 606 g/mol. The van der Waals surface area contributed by atoms with Crippen molar-refractivity contribution >= 4 is 34.9 Å². The number of aliphatic imine (C=N–C) groups is 2. The summed E-state index contributed by atoms with van der Waals surface area (Å²) in [4.78, 5) is 27.3. The minimum Gasteiger partial charge on any atom is -0.406 e. The van der Waals surface area contributed by atoms with E-state index in [9.17, 15) is 18.0 Å². The topological polar surface area (TPSA) is 85.0 Å². The van der Waals surface area contributed by atoms with Crippen molar-refractivity contribution in [3.63, 3.8) is 0 Å². The molecule has 1 aliphatic rings. The van der Waals surface area contributed by atoms with Gasteiger partial charge in [0.2, 0.25) is 0 Å². The van der Waals surface area contributed by atoms with Crippen LogP contribution in [0.5, 0.6) is 5.75 Å². The van der Waals surface area contributed by atoms with E-state index in [0.29, 0.717) is 23.1 Å². The number of hydrogen-bond donors (Lipinski definition) is 0. The lowest BCUT2D eigenvalue weighted by Gasteiger charge is -2.21. The van der Waals surface area contributed by atoms with Gasteiger partial charge in [0, 0.05) is 36.2 Å². The fourth-order valence-electron chi connectivity index (χ4n) is 4.57. The highest BCUT2D eigenvalue weighted by molar-refractivity contribution is 8.14. The number of benzene rings is 3. The maximum Gasteiger partial charge on any atom is 0.573 e. The number of thioether (sulfide) groups is 1. The number of aryl methyl sites for hydroxylation is 2. The van der Waals surface area contributed by atoms with Crippen molar-refractivity contribution in [3.8, 4) is 22.8 Å². The first-order valence-corrected chi connectivity index (χ1v) is 14.7. The molecule has 2 heterocycles. The Morgan fingerprint density at radius 1 is 1.09 bits per heavy atom. The van der Waals surface area contributed by atoms with E-state index in [0.717, 1.165) is 42.0 Å². The molecule has 0 aliphatic carbocycles. The van der Waals surface area contributed by atoms with Gasteiger partial charge in [-0.15, -0.1) is 18.3 Å². The zero-order valence-electron chi connectivity index (χ0n) is 23.6. The summed E-state index contributed by atoms with van der Waals surface area (Å²) in [6, 6.07) is 18.7. The van der Waals surface area contributed by atoms with E-state index in [1.54, 1.807) is 18.0 Å². The number of hydrogen-bond acceptors (Lipinski definition) is 5. The van der Waals surface area contributed by atoms with Crippen LogP contribution < -0.4 is 9.64 Å². The summed E-state index contributed by atoms with van der Waals surface area (Å²) in [5.41, 5.74) is 5.75. The minimum atomic E-state index is -4.75. The van der Waals surface area contributed by atoms with Gasteiger partial charge in [-0.2, -0.15) is 4.99 Å².